The van der Waals surface area contributed by atoms with E-state index >= 15 is 0 Å². The number of amides is 1. The molecule has 1 aromatic rings. The largest absolute Gasteiger partial charge is 0.349 e. The summed E-state index contributed by atoms with van der Waals surface area (Å²) in [6.07, 6.45) is 5.29. The Hall–Kier alpha value is -0.800. The number of carbonyl (C=O) groups excluding carboxylic acids is 1. The van der Waals surface area contributed by atoms with Crippen LogP contribution in [0.2, 0.25) is 10.3 Å². The number of hydrogen-bond acceptors (Lipinski definition) is 2. The molecule has 108 valence electrons. The van der Waals surface area contributed by atoms with Gasteiger partial charge in [-0.3, -0.25) is 4.79 Å². The number of hydrogen-bond donors (Lipinski definition) is 1. The van der Waals surface area contributed by atoms with Gasteiger partial charge < -0.3 is 5.32 Å². The van der Waals surface area contributed by atoms with Crippen LogP contribution < -0.4 is 5.32 Å². The molecule has 1 N–H and O–H groups in total. The normalized spacial score (nSPS) is 29.4. The van der Waals surface area contributed by atoms with Crippen LogP contribution in [0.4, 0.5) is 0 Å². The van der Waals surface area contributed by atoms with E-state index in [9.17, 15) is 4.79 Å². The topological polar surface area (TPSA) is 42.0 Å². The van der Waals surface area contributed by atoms with Crippen molar-refractivity contribution < 1.29 is 4.79 Å². The first-order chi connectivity index (χ1) is 9.52. The number of pyridine rings is 1. The van der Waals surface area contributed by atoms with Crippen molar-refractivity contribution in [1.82, 2.24) is 10.3 Å². The molecule has 0 aromatic carbocycles. The van der Waals surface area contributed by atoms with Gasteiger partial charge in [-0.25, -0.2) is 4.98 Å². The molecule has 0 spiro atoms. The van der Waals surface area contributed by atoms with Crippen molar-refractivity contribution in [3.05, 3.63) is 28.0 Å². The molecule has 2 aliphatic rings. The van der Waals surface area contributed by atoms with Crippen LogP contribution in [0, 0.1) is 17.8 Å². The van der Waals surface area contributed by atoms with Gasteiger partial charge in [0.15, 0.2) is 0 Å². The zero-order valence-corrected chi connectivity index (χ0v) is 12.9. The van der Waals surface area contributed by atoms with E-state index in [1.165, 1.54) is 25.7 Å². The Labute approximate surface area is 129 Å². The van der Waals surface area contributed by atoms with E-state index in [1.54, 1.807) is 12.1 Å². The highest BCUT2D eigenvalue weighted by atomic mass is 35.5. The molecule has 5 heteroatoms. The Bertz CT molecular complexity index is 514. The van der Waals surface area contributed by atoms with Gasteiger partial charge in [0, 0.05) is 11.6 Å². The van der Waals surface area contributed by atoms with Gasteiger partial charge in [-0.2, -0.15) is 0 Å². The van der Waals surface area contributed by atoms with E-state index in [1.807, 2.05) is 0 Å². The smallest absolute Gasteiger partial charge is 0.251 e. The van der Waals surface area contributed by atoms with Crippen LogP contribution in [-0.2, 0) is 0 Å². The van der Waals surface area contributed by atoms with E-state index in [4.69, 9.17) is 23.2 Å². The monoisotopic (exact) mass is 312 g/mol. The summed E-state index contributed by atoms with van der Waals surface area (Å²) in [5.74, 6) is 2.17. The first-order valence-electron chi connectivity index (χ1n) is 7.17. The van der Waals surface area contributed by atoms with Crippen LogP contribution in [0.5, 0.6) is 0 Å². The maximum absolute atomic E-state index is 12.3. The molecule has 0 radical (unpaired) electrons. The second kappa shape index (κ2) is 5.53. The molecule has 2 saturated carbocycles. The molecule has 3 rings (SSSR count). The van der Waals surface area contributed by atoms with Crippen molar-refractivity contribution in [2.24, 2.45) is 17.8 Å². The Kier molecular flexibility index (Phi) is 3.91. The summed E-state index contributed by atoms with van der Waals surface area (Å²) in [6.45, 7) is 2.10. The predicted octanol–water partition coefficient (Wildman–Crippen LogP) is 3.94. The van der Waals surface area contributed by atoms with Crippen LogP contribution in [-0.4, -0.2) is 16.9 Å². The van der Waals surface area contributed by atoms with Gasteiger partial charge >= 0.3 is 0 Å². The Morgan fingerprint density at radius 1 is 1.30 bits per heavy atom. The maximum Gasteiger partial charge on any atom is 0.251 e. The van der Waals surface area contributed by atoms with E-state index in [2.05, 4.69) is 17.2 Å². The summed E-state index contributed by atoms with van der Waals surface area (Å²) in [5.41, 5.74) is 0.477. The predicted molar refractivity (Wildman–Crippen MR) is 80.1 cm³/mol. The number of nitrogens with one attached hydrogen (secondary N) is 1. The van der Waals surface area contributed by atoms with Crippen LogP contribution >= 0.6 is 23.2 Å². The van der Waals surface area contributed by atoms with Crippen molar-refractivity contribution in [2.45, 2.75) is 38.6 Å². The molecule has 3 nitrogen and oxygen atoms in total. The second-order valence-electron chi connectivity index (χ2n) is 6.10. The Morgan fingerprint density at radius 3 is 2.55 bits per heavy atom. The fraction of sp³-hybridized carbons (Fsp3) is 0.600. The average Bonchev–Trinajstić information content (AvgIpc) is 2.99. The highest BCUT2D eigenvalue weighted by Gasteiger charge is 2.42. The van der Waals surface area contributed by atoms with Gasteiger partial charge in [-0.05, 0) is 56.1 Å². The zero-order chi connectivity index (χ0) is 14.3. The molecule has 2 bridgehead atoms. The Balaban J connectivity index is 1.66. The van der Waals surface area contributed by atoms with Crippen molar-refractivity contribution in [3.63, 3.8) is 0 Å². The molecule has 2 aliphatic carbocycles. The quantitative estimate of drug-likeness (QED) is 0.859. The summed E-state index contributed by atoms with van der Waals surface area (Å²) in [7, 11) is 0. The van der Waals surface area contributed by atoms with Gasteiger partial charge in [-0.15, -0.1) is 0 Å². The van der Waals surface area contributed by atoms with Gasteiger partial charge in [0.1, 0.15) is 10.3 Å². The summed E-state index contributed by atoms with van der Waals surface area (Å²) < 4.78 is 0. The van der Waals surface area contributed by atoms with Crippen molar-refractivity contribution in [2.75, 3.05) is 0 Å². The number of carbonyl (C=O) groups is 1. The lowest BCUT2D eigenvalue weighted by atomic mass is 9.84. The lowest BCUT2D eigenvalue weighted by Gasteiger charge is -2.28. The minimum Gasteiger partial charge on any atom is -0.349 e. The summed E-state index contributed by atoms with van der Waals surface area (Å²) in [5, 5.41) is 3.58. The van der Waals surface area contributed by atoms with Gasteiger partial charge in [-0.1, -0.05) is 29.6 Å². The molecule has 20 heavy (non-hydrogen) atoms. The fourth-order valence-electron chi connectivity index (χ4n) is 3.90. The van der Waals surface area contributed by atoms with E-state index in [0.29, 0.717) is 11.5 Å². The number of fused-ring (bicyclic) bond motifs is 2. The molecule has 0 saturated heterocycles. The summed E-state index contributed by atoms with van der Waals surface area (Å²) in [6, 6.07) is 3.30. The first kappa shape index (κ1) is 14.2. The first-order valence-corrected chi connectivity index (χ1v) is 7.92. The van der Waals surface area contributed by atoms with Gasteiger partial charge in [0.05, 0.1) is 0 Å². The minimum absolute atomic E-state index is 0.119. The minimum atomic E-state index is -0.119. The molecule has 4 atom stereocenters. The molecule has 0 unspecified atom stereocenters. The average molecular weight is 313 g/mol. The third kappa shape index (κ3) is 2.79. The van der Waals surface area contributed by atoms with Crippen molar-refractivity contribution in [3.8, 4) is 0 Å². The molecule has 1 heterocycles. The standard InChI is InChI=1S/C15H18Cl2N2O/c1-8(12-5-9-2-3-10(12)4-9)18-15(20)11-6-13(16)19-14(17)7-11/h6-10,12H,2-5H2,1H3,(H,18,20)/t8-,9+,10+,12+/m0/s1. The van der Waals surface area contributed by atoms with Crippen molar-refractivity contribution >= 4 is 29.1 Å². The number of aromatic nitrogens is 1. The van der Waals surface area contributed by atoms with Crippen LogP contribution in [0.3, 0.4) is 0 Å². The molecule has 2 fully saturated rings. The molecule has 1 amide bonds. The van der Waals surface area contributed by atoms with E-state index < -0.39 is 0 Å². The third-order valence-electron chi connectivity index (χ3n) is 4.82. The summed E-state index contributed by atoms with van der Waals surface area (Å²) >= 11 is 11.7. The second-order valence-corrected chi connectivity index (χ2v) is 6.88. The number of nitrogens with zero attached hydrogens (tertiary/aromatic N) is 1. The molecular formula is C15H18Cl2N2O. The van der Waals surface area contributed by atoms with E-state index in [-0.39, 0.29) is 22.3 Å². The lowest BCUT2D eigenvalue weighted by Crippen LogP contribution is -2.40. The fourth-order valence-corrected chi connectivity index (χ4v) is 4.36. The van der Waals surface area contributed by atoms with Crippen LogP contribution in [0.25, 0.3) is 0 Å². The van der Waals surface area contributed by atoms with Crippen molar-refractivity contribution in [1.29, 1.82) is 0 Å². The summed E-state index contributed by atoms with van der Waals surface area (Å²) in [4.78, 5) is 16.1. The highest BCUT2D eigenvalue weighted by molar-refractivity contribution is 6.33. The molecule has 1 aromatic heterocycles. The van der Waals surface area contributed by atoms with Gasteiger partial charge in [0.25, 0.3) is 5.91 Å². The van der Waals surface area contributed by atoms with Crippen LogP contribution in [0.15, 0.2) is 12.1 Å². The van der Waals surface area contributed by atoms with Crippen LogP contribution in [0.1, 0.15) is 43.0 Å². The lowest BCUT2D eigenvalue weighted by molar-refractivity contribution is 0.0915. The highest BCUT2D eigenvalue weighted by Crippen LogP contribution is 2.49. The van der Waals surface area contributed by atoms with E-state index in [0.717, 1.165) is 11.8 Å². The molecular weight excluding hydrogens is 295 g/mol. The zero-order valence-electron chi connectivity index (χ0n) is 11.4. The Morgan fingerprint density at radius 2 is 2.00 bits per heavy atom. The van der Waals surface area contributed by atoms with Gasteiger partial charge in [0.2, 0.25) is 0 Å². The number of rotatable bonds is 3. The molecule has 0 aliphatic heterocycles. The number of halogens is 2. The SMILES string of the molecule is C[C@H](NC(=O)c1cc(Cl)nc(Cl)c1)[C@H]1C[C@@H]2CC[C@@H]1C2. The third-order valence-corrected chi connectivity index (χ3v) is 5.21. The maximum atomic E-state index is 12.3.